The molecule has 1 heteroatoms. The molecule has 0 heterocycles. The molecule has 4 aliphatic carbocycles. The van der Waals surface area contributed by atoms with E-state index in [1.807, 2.05) is 7.11 Å². The van der Waals surface area contributed by atoms with Crippen LogP contribution in [0.1, 0.15) is 86.0 Å². The van der Waals surface area contributed by atoms with Crippen molar-refractivity contribution in [3.63, 3.8) is 0 Å². The van der Waals surface area contributed by atoms with Gasteiger partial charge in [0.05, 0.1) is 6.10 Å². The summed E-state index contributed by atoms with van der Waals surface area (Å²) in [6.45, 7) is 13.1. The van der Waals surface area contributed by atoms with Crippen molar-refractivity contribution in [3.05, 3.63) is 0 Å². The Balaban J connectivity index is 1.69. The van der Waals surface area contributed by atoms with Crippen molar-refractivity contribution in [3.8, 4) is 0 Å². The highest BCUT2D eigenvalue weighted by Crippen LogP contribution is 2.71. The molecule has 0 amide bonds. The summed E-state index contributed by atoms with van der Waals surface area (Å²) in [7, 11) is 1.94. The molecule has 1 unspecified atom stereocenters. The normalized spacial score (nSPS) is 56.2. The molecule has 0 spiro atoms. The predicted octanol–water partition coefficient (Wildman–Crippen LogP) is 6.32. The zero-order valence-electron chi connectivity index (χ0n) is 17.0. The van der Waals surface area contributed by atoms with E-state index in [4.69, 9.17) is 4.74 Å². The van der Waals surface area contributed by atoms with E-state index in [1.54, 1.807) is 0 Å². The lowest BCUT2D eigenvalue weighted by molar-refractivity contribution is -0.180. The van der Waals surface area contributed by atoms with Gasteiger partial charge in [0, 0.05) is 7.11 Å². The van der Waals surface area contributed by atoms with Crippen LogP contribution < -0.4 is 0 Å². The van der Waals surface area contributed by atoms with Gasteiger partial charge in [0.15, 0.2) is 0 Å². The van der Waals surface area contributed by atoms with Gasteiger partial charge < -0.3 is 4.74 Å². The summed E-state index contributed by atoms with van der Waals surface area (Å²) in [5.74, 6) is 4.71. The average Bonchev–Trinajstić information content (AvgIpc) is 2.89. The summed E-state index contributed by atoms with van der Waals surface area (Å²) in [5, 5.41) is 0. The van der Waals surface area contributed by atoms with Gasteiger partial charge in [-0.3, -0.25) is 0 Å². The number of rotatable bonds is 1. The smallest absolute Gasteiger partial charge is 0.0579 e. The third-order valence-corrected chi connectivity index (χ3v) is 10.5. The van der Waals surface area contributed by atoms with E-state index in [0.29, 0.717) is 22.3 Å². The second-order valence-electron chi connectivity index (χ2n) is 11.1. The molecule has 0 aliphatic heterocycles. The standard InChI is InChI=1S/C23H40O/c1-15-7-8-16-9-10-18-19(23(16,5)21(15,2)3)11-12-22(4)14-17(24-6)13-20(18)22/h15-20H,7-14H2,1-6H3/t15?,16-,17-,18-,19+,20+,22-,23+/m1/s1. The number of fused-ring (bicyclic) bond motifs is 5. The van der Waals surface area contributed by atoms with Gasteiger partial charge in [0.1, 0.15) is 0 Å². The SMILES string of the molecule is CO[C@@H]1C[C@H]2[C@@H]3CC[C@H]4CCC(C)C(C)(C)[C@]4(C)[C@H]3CC[C@]2(C)C1. The zero-order valence-corrected chi connectivity index (χ0v) is 17.0. The Labute approximate surface area is 150 Å². The van der Waals surface area contributed by atoms with E-state index < -0.39 is 0 Å². The minimum atomic E-state index is 0.492. The van der Waals surface area contributed by atoms with Gasteiger partial charge in [0.2, 0.25) is 0 Å². The quantitative estimate of drug-likeness (QED) is 0.546. The van der Waals surface area contributed by atoms with E-state index in [0.717, 1.165) is 29.6 Å². The Bertz CT molecular complexity index is 496. The van der Waals surface area contributed by atoms with Crippen LogP contribution in [0.25, 0.3) is 0 Å². The molecular formula is C23H40O. The average molecular weight is 333 g/mol. The molecule has 4 fully saturated rings. The van der Waals surface area contributed by atoms with Gasteiger partial charge in [0.25, 0.3) is 0 Å². The van der Waals surface area contributed by atoms with Crippen molar-refractivity contribution in [1.29, 1.82) is 0 Å². The van der Waals surface area contributed by atoms with Crippen molar-refractivity contribution in [2.75, 3.05) is 7.11 Å². The maximum atomic E-state index is 5.84. The van der Waals surface area contributed by atoms with E-state index in [-0.39, 0.29) is 0 Å². The lowest BCUT2D eigenvalue weighted by Crippen LogP contribution is -2.60. The maximum absolute atomic E-state index is 5.84. The molecular weight excluding hydrogens is 292 g/mol. The first-order valence-electron chi connectivity index (χ1n) is 10.8. The van der Waals surface area contributed by atoms with Crippen molar-refractivity contribution in [2.24, 2.45) is 45.8 Å². The van der Waals surface area contributed by atoms with Gasteiger partial charge >= 0.3 is 0 Å². The number of hydrogen-bond donors (Lipinski definition) is 0. The topological polar surface area (TPSA) is 9.23 Å². The van der Waals surface area contributed by atoms with Crippen LogP contribution in [0.15, 0.2) is 0 Å². The molecule has 0 aromatic carbocycles. The van der Waals surface area contributed by atoms with Crippen LogP contribution in [0.3, 0.4) is 0 Å². The fraction of sp³-hybridized carbons (Fsp3) is 1.00. The summed E-state index contributed by atoms with van der Waals surface area (Å²) in [6.07, 6.45) is 12.1. The van der Waals surface area contributed by atoms with Crippen LogP contribution in [0, 0.1) is 45.8 Å². The molecule has 24 heavy (non-hydrogen) atoms. The van der Waals surface area contributed by atoms with Crippen LogP contribution in [0.2, 0.25) is 0 Å². The van der Waals surface area contributed by atoms with E-state index in [2.05, 4.69) is 34.6 Å². The van der Waals surface area contributed by atoms with Crippen LogP contribution >= 0.6 is 0 Å². The number of ether oxygens (including phenoxy) is 1. The van der Waals surface area contributed by atoms with Crippen molar-refractivity contribution < 1.29 is 4.74 Å². The van der Waals surface area contributed by atoms with Crippen LogP contribution in [0.4, 0.5) is 0 Å². The molecule has 0 N–H and O–H groups in total. The molecule has 0 aromatic rings. The number of hydrogen-bond acceptors (Lipinski definition) is 1. The molecule has 0 aromatic heterocycles. The molecule has 8 atom stereocenters. The minimum absolute atomic E-state index is 0.492. The lowest BCUT2D eigenvalue weighted by Gasteiger charge is -2.67. The molecule has 4 aliphatic rings. The molecule has 4 saturated carbocycles. The zero-order chi connectivity index (χ0) is 17.3. The first-order valence-corrected chi connectivity index (χ1v) is 10.8. The monoisotopic (exact) mass is 332 g/mol. The third kappa shape index (κ3) is 2.09. The lowest BCUT2D eigenvalue weighted by atomic mass is 9.38. The largest absolute Gasteiger partial charge is 0.381 e. The molecule has 138 valence electrons. The van der Waals surface area contributed by atoms with Crippen LogP contribution in [-0.4, -0.2) is 13.2 Å². The Morgan fingerprint density at radius 3 is 2.29 bits per heavy atom. The second-order valence-corrected chi connectivity index (χ2v) is 11.1. The first kappa shape index (κ1) is 17.4. The highest BCUT2D eigenvalue weighted by Gasteiger charge is 2.63. The summed E-state index contributed by atoms with van der Waals surface area (Å²) in [5.41, 5.74) is 1.61. The van der Waals surface area contributed by atoms with Crippen molar-refractivity contribution in [2.45, 2.75) is 92.1 Å². The van der Waals surface area contributed by atoms with Gasteiger partial charge in [-0.05, 0) is 97.2 Å². The Morgan fingerprint density at radius 1 is 0.875 bits per heavy atom. The molecule has 1 nitrogen and oxygen atoms in total. The Kier molecular flexibility index (Phi) is 3.97. The molecule has 0 saturated heterocycles. The van der Waals surface area contributed by atoms with Crippen LogP contribution in [-0.2, 0) is 4.74 Å². The first-order chi connectivity index (χ1) is 11.2. The number of methoxy groups -OCH3 is 1. The second kappa shape index (κ2) is 5.48. The summed E-state index contributed by atoms with van der Waals surface area (Å²) < 4.78 is 5.84. The Hall–Kier alpha value is -0.0400. The fourth-order valence-electron chi connectivity index (χ4n) is 8.40. The highest BCUT2D eigenvalue weighted by atomic mass is 16.5. The highest BCUT2D eigenvalue weighted by molar-refractivity contribution is 5.12. The fourth-order valence-corrected chi connectivity index (χ4v) is 8.40. The van der Waals surface area contributed by atoms with Crippen molar-refractivity contribution in [1.82, 2.24) is 0 Å². The van der Waals surface area contributed by atoms with E-state index in [1.165, 1.54) is 51.4 Å². The van der Waals surface area contributed by atoms with E-state index >= 15 is 0 Å². The summed E-state index contributed by atoms with van der Waals surface area (Å²) in [6, 6.07) is 0. The Morgan fingerprint density at radius 2 is 1.58 bits per heavy atom. The molecule has 0 bridgehead atoms. The van der Waals surface area contributed by atoms with Gasteiger partial charge in [-0.15, -0.1) is 0 Å². The third-order valence-electron chi connectivity index (χ3n) is 10.5. The molecule has 0 radical (unpaired) electrons. The van der Waals surface area contributed by atoms with E-state index in [9.17, 15) is 0 Å². The summed E-state index contributed by atoms with van der Waals surface area (Å²) in [4.78, 5) is 0. The van der Waals surface area contributed by atoms with Gasteiger partial charge in [-0.2, -0.15) is 0 Å². The molecule has 4 rings (SSSR count). The van der Waals surface area contributed by atoms with Crippen molar-refractivity contribution >= 4 is 0 Å². The minimum Gasteiger partial charge on any atom is -0.381 e. The maximum Gasteiger partial charge on any atom is 0.0579 e. The van der Waals surface area contributed by atoms with Crippen LogP contribution in [0.5, 0.6) is 0 Å². The predicted molar refractivity (Wildman–Crippen MR) is 101 cm³/mol. The summed E-state index contributed by atoms with van der Waals surface area (Å²) >= 11 is 0. The van der Waals surface area contributed by atoms with Gasteiger partial charge in [-0.1, -0.05) is 34.6 Å². The van der Waals surface area contributed by atoms with Gasteiger partial charge in [-0.25, -0.2) is 0 Å².